The second-order valence-corrected chi connectivity index (χ2v) is 7.02. The largest absolute Gasteiger partial charge is 0.312 e. The molecule has 7 heteroatoms. The molecular weight excluding hydrogens is 316 g/mol. The van der Waals surface area contributed by atoms with Gasteiger partial charge in [-0.25, -0.2) is 4.98 Å². The molecule has 7 nitrogen and oxygen atoms in total. The fourth-order valence-electron chi connectivity index (χ4n) is 3.65. The number of benzene rings is 1. The molecule has 0 spiro atoms. The lowest BCUT2D eigenvalue weighted by Gasteiger charge is -2.32. The van der Waals surface area contributed by atoms with Gasteiger partial charge in [-0.3, -0.25) is 9.69 Å². The van der Waals surface area contributed by atoms with E-state index in [1.54, 1.807) is 6.07 Å². The minimum Gasteiger partial charge on any atom is -0.312 e. The van der Waals surface area contributed by atoms with Gasteiger partial charge in [0.05, 0.1) is 23.5 Å². The average molecular weight is 336 g/mol. The number of nitrogens with one attached hydrogen (secondary N) is 1. The molecule has 2 aliphatic rings. The third-order valence-electron chi connectivity index (χ3n) is 5.33. The number of hydrogen-bond donors (Lipinski definition) is 1. The van der Waals surface area contributed by atoms with Gasteiger partial charge in [-0.1, -0.05) is 12.1 Å². The van der Waals surface area contributed by atoms with Crippen molar-refractivity contribution in [3.8, 4) is 0 Å². The van der Waals surface area contributed by atoms with Crippen molar-refractivity contribution in [3.05, 3.63) is 52.1 Å². The van der Waals surface area contributed by atoms with Crippen molar-refractivity contribution in [2.24, 2.45) is 0 Å². The Morgan fingerprint density at radius 2 is 2.04 bits per heavy atom. The van der Waals surface area contributed by atoms with Crippen molar-refractivity contribution in [3.63, 3.8) is 0 Å². The predicted octanol–water partition coefficient (Wildman–Crippen LogP) is 1.97. The van der Waals surface area contributed by atoms with Crippen LogP contribution in [-0.2, 0) is 13.1 Å². The van der Waals surface area contributed by atoms with E-state index < -0.39 is 0 Å². The molecule has 5 rings (SSSR count). The third-order valence-corrected chi connectivity index (χ3v) is 5.33. The second-order valence-electron chi connectivity index (χ2n) is 7.02. The van der Waals surface area contributed by atoms with Crippen molar-refractivity contribution in [2.45, 2.75) is 44.8 Å². The number of aromatic nitrogens is 5. The monoisotopic (exact) mass is 336 g/mol. The molecule has 1 atom stereocenters. The van der Waals surface area contributed by atoms with Gasteiger partial charge >= 0.3 is 0 Å². The van der Waals surface area contributed by atoms with Crippen LogP contribution in [0.25, 0.3) is 10.9 Å². The number of fused-ring (bicyclic) bond motifs is 2. The summed E-state index contributed by atoms with van der Waals surface area (Å²) in [6, 6.07) is 7.48. The maximum absolute atomic E-state index is 12.3. The van der Waals surface area contributed by atoms with Crippen LogP contribution in [0.3, 0.4) is 0 Å². The van der Waals surface area contributed by atoms with E-state index >= 15 is 0 Å². The first-order valence-corrected chi connectivity index (χ1v) is 8.85. The Kier molecular flexibility index (Phi) is 3.24. The number of para-hydroxylation sites is 1. The molecule has 1 aliphatic heterocycles. The molecule has 1 aliphatic carbocycles. The number of rotatable bonds is 3. The highest BCUT2D eigenvalue weighted by molar-refractivity contribution is 5.77. The van der Waals surface area contributed by atoms with Crippen molar-refractivity contribution in [2.75, 3.05) is 6.54 Å². The number of nitrogens with zero attached hydrogens (tertiary/aromatic N) is 5. The van der Waals surface area contributed by atoms with E-state index in [1.807, 2.05) is 18.2 Å². The molecule has 3 heterocycles. The first kappa shape index (κ1) is 14.8. The molecule has 128 valence electrons. The van der Waals surface area contributed by atoms with Gasteiger partial charge < -0.3 is 9.55 Å². The maximum atomic E-state index is 12.3. The van der Waals surface area contributed by atoms with E-state index in [-0.39, 0.29) is 11.6 Å². The van der Waals surface area contributed by atoms with E-state index in [0.29, 0.717) is 17.1 Å². The smallest absolute Gasteiger partial charge is 0.258 e. The summed E-state index contributed by atoms with van der Waals surface area (Å²) < 4.78 is 2.28. The molecule has 0 radical (unpaired) electrons. The molecule has 0 unspecified atom stereocenters. The standard InChI is InChI=1S/C18H20N6O/c1-11(16-19-14-5-3-2-4-13(14)18(25)20-16)23-8-9-24-15(10-23)21-22-17(24)12-6-7-12/h2-5,11-12H,6-10H2,1H3,(H,19,20,25)/t11-/m0/s1. The van der Waals surface area contributed by atoms with Gasteiger partial charge in [0.15, 0.2) is 0 Å². The van der Waals surface area contributed by atoms with Crippen molar-refractivity contribution in [1.29, 1.82) is 0 Å². The summed E-state index contributed by atoms with van der Waals surface area (Å²) in [5.74, 6) is 3.49. The SMILES string of the molecule is C[C@@H](c1nc2ccccc2c(=O)[nH]1)N1CCn2c(nnc2C2CC2)C1. The van der Waals surface area contributed by atoms with Crippen LogP contribution < -0.4 is 5.56 Å². The minimum absolute atomic E-state index is 0.0205. The summed E-state index contributed by atoms with van der Waals surface area (Å²) in [7, 11) is 0. The quantitative estimate of drug-likeness (QED) is 0.791. The van der Waals surface area contributed by atoms with Crippen molar-refractivity contribution < 1.29 is 0 Å². The van der Waals surface area contributed by atoms with Crippen molar-refractivity contribution in [1.82, 2.24) is 29.6 Å². The zero-order valence-electron chi connectivity index (χ0n) is 14.1. The topological polar surface area (TPSA) is 79.7 Å². The lowest BCUT2D eigenvalue weighted by atomic mass is 10.2. The Balaban J connectivity index is 1.44. The van der Waals surface area contributed by atoms with Gasteiger partial charge in [0, 0.05) is 19.0 Å². The van der Waals surface area contributed by atoms with Crippen LogP contribution >= 0.6 is 0 Å². The van der Waals surface area contributed by atoms with Gasteiger partial charge in [0.25, 0.3) is 5.56 Å². The third kappa shape index (κ3) is 2.46. The van der Waals surface area contributed by atoms with E-state index in [9.17, 15) is 4.79 Å². The molecule has 0 saturated heterocycles. The van der Waals surface area contributed by atoms with Gasteiger partial charge in [0.1, 0.15) is 17.5 Å². The lowest BCUT2D eigenvalue weighted by molar-refractivity contribution is 0.156. The van der Waals surface area contributed by atoms with Crippen LogP contribution in [0.4, 0.5) is 0 Å². The first-order chi connectivity index (χ1) is 12.2. The Bertz CT molecular complexity index is 1000. The molecule has 1 saturated carbocycles. The summed E-state index contributed by atoms with van der Waals surface area (Å²) in [5.41, 5.74) is 0.660. The van der Waals surface area contributed by atoms with Gasteiger partial charge in [0.2, 0.25) is 0 Å². The highest BCUT2D eigenvalue weighted by Crippen LogP contribution is 2.39. The molecule has 0 amide bonds. The second kappa shape index (κ2) is 5.49. The molecule has 0 bridgehead atoms. The number of hydrogen-bond acceptors (Lipinski definition) is 5. The Morgan fingerprint density at radius 3 is 2.88 bits per heavy atom. The van der Waals surface area contributed by atoms with Crippen LogP contribution in [0.1, 0.15) is 49.2 Å². The fourth-order valence-corrected chi connectivity index (χ4v) is 3.65. The Morgan fingerprint density at radius 1 is 1.20 bits per heavy atom. The van der Waals surface area contributed by atoms with Gasteiger partial charge in [-0.15, -0.1) is 10.2 Å². The van der Waals surface area contributed by atoms with Crippen LogP contribution in [0.15, 0.2) is 29.1 Å². The van der Waals surface area contributed by atoms with Gasteiger partial charge in [-0.05, 0) is 31.9 Å². The maximum Gasteiger partial charge on any atom is 0.258 e. The van der Waals surface area contributed by atoms with Crippen LogP contribution in [-0.4, -0.2) is 36.2 Å². The highest BCUT2D eigenvalue weighted by atomic mass is 16.1. The number of H-pyrrole nitrogens is 1. The molecule has 2 aromatic heterocycles. The van der Waals surface area contributed by atoms with Crippen LogP contribution in [0.5, 0.6) is 0 Å². The molecule has 1 N–H and O–H groups in total. The highest BCUT2D eigenvalue weighted by Gasteiger charge is 2.33. The zero-order chi connectivity index (χ0) is 17.0. The van der Waals surface area contributed by atoms with E-state index in [0.717, 1.165) is 36.8 Å². The van der Waals surface area contributed by atoms with Gasteiger partial charge in [-0.2, -0.15) is 0 Å². The number of aromatic amines is 1. The van der Waals surface area contributed by atoms with Crippen molar-refractivity contribution >= 4 is 10.9 Å². The van der Waals surface area contributed by atoms with Crippen LogP contribution in [0.2, 0.25) is 0 Å². The fraction of sp³-hybridized carbons (Fsp3) is 0.444. The molecule has 1 fully saturated rings. The Hall–Kier alpha value is -2.54. The minimum atomic E-state index is -0.0800. The summed E-state index contributed by atoms with van der Waals surface area (Å²) in [6.45, 7) is 4.62. The average Bonchev–Trinajstić information content (AvgIpc) is 3.40. The van der Waals surface area contributed by atoms with E-state index in [4.69, 9.17) is 0 Å². The van der Waals surface area contributed by atoms with E-state index in [1.165, 1.54) is 12.8 Å². The lowest BCUT2D eigenvalue weighted by Crippen LogP contribution is -2.37. The first-order valence-electron chi connectivity index (χ1n) is 8.85. The predicted molar refractivity (Wildman–Crippen MR) is 93.2 cm³/mol. The van der Waals surface area contributed by atoms with E-state index in [2.05, 4.69) is 36.6 Å². The zero-order valence-corrected chi connectivity index (χ0v) is 14.1. The molecule has 1 aromatic carbocycles. The summed E-state index contributed by atoms with van der Waals surface area (Å²) in [5, 5.41) is 9.42. The van der Waals surface area contributed by atoms with Crippen LogP contribution in [0, 0.1) is 0 Å². The summed E-state index contributed by atoms with van der Waals surface area (Å²) >= 11 is 0. The normalized spacial score (nSPS) is 19.1. The molecule has 3 aromatic rings. The molecule has 25 heavy (non-hydrogen) atoms. The summed E-state index contributed by atoms with van der Waals surface area (Å²) in [4.78, 5) is 22.3. The Labute approximate surface area is 144 Å². The summed E-state index contributed by atoms with van der Waals surface area (Å²) in [6.07, 6.45) is 2.47. The molecular formula is C18H20N6O.